The minimum Gasteiger partial charge on any atom is -0.312 e. The van der Waals surface area contributed by atoms with Gasteiger partial charge in [0, 0.05) is 38.3 Å². The number of benzene rings is 1. The number of hydrogen-bond donors (Lipinski definition) is 1. The van der Waals surface area contributed by atoms with E-state index in [0.717, 1.165) is 0 Å². The topological polar surface area (TPSA) is 18.5 Å². The van der Waals surface area contributed by atoms with Crippen LogP contribution in [-0.4, -0.2) is 55.6 Å². The summed E-state index contributed by atoms with van der Waals surface area (Å²) in [5.41, 5.74) is 1.40. The molecular formula is C18H31N3. The third kappa shape index (κ3) is 4.06. The number of rotatable bonds is 6. The summed E-state index contributed by atoms with van der Waals surface area (Å²) in [6, 6.07) is 11.8. The van der Waals surface area contributed by atoms with Crippen LogP contribution in [0.2, 0.25) is 0 Å². The highest BCUT2D eigenvalue weighted by Crippen LogP contribution is 2.27. The fourth-order valence-corrected chi connectivity index (χ4v) is 3.59. The highest BCUT2D eigenvalue weighted by Gasteiger charge is 2.32. The largest absolute Gasteiger partial charge is 0.312 e. The second kappa shape index (κ2) is 7.92. The van der Waals surface area contributed by atoms with Crippen molar-refractivity contribution in [2.24, 2.45) is 5.92 Å². The van der Waals surface area contributed by atoms with E-state index in [1.54, 1.807) is 0 Å². The summed E-state index contributed by atoms with van der Waals surface area (Å²) in [4.78, 5) is 5.23. The first-order valence-corrected chi connectivity index (χ1v) is 8.36. The average Bonchev–Trinajstić information content (AvgIpc) is 2.53. The van der Waals surface area contributed by atoms with Crippen molar-refractivity contribution >= 4 is 0 Å². The molecule has 21 heavy (non-hydrogen) atoms. The van der Waals surface area contributed by atoms with Gasteiger partial charge in [0.1, 0.15) is 0 Å². The Kier molecular flexibility index (Phi) is 6.22. The van der Waals surface area contributed by atoms with Crippen LogP contribution < -0.4 is 5.32 Å². The van der Waals surface area contributed by atoms with Crippen molar-refractivity contribution in [3.63, 3.8) is 0 Å². The van der Waals surface area contributed by atoms with Crippen molar-refractivity contribution in [2.75, 3.05) is 39.8 Å². The third-order valence-corrected chi connectivity index (χ3v) is 4.77. The lowest BCUT2D eigenvalue weighted by Gasteiger charge is -2.44. The van der Waals surface area contributed by atoms with Gasteiger partial charge in [-0.3, -0.25) is 4.90 Å². The molecule has 1 aliphatic rings. The van der Waals surface area contributed by atoms with E-state index in [0.29, 0.717) is 18.0 Å². The van der Waals surface area contributed by atoms with E-state index in [2.05, 4.69) is 73.3 Å². The molecule has 0 radical (unpaired) electrons. The summed E-state index contributed by atoms with van der Waals surface area (Å²) in [6.45, 7) is 12.9. The molecule has 1 saturated heterocycles. The standard InChI is InChI=1S/C18H31N3/c1-5-20-11-13-21(14-12-20)18(15(2)3)17(19-4)16-9-7-6-8-10-16/h6-10,15,17-19H,5,11-14H2,1-4H3. The molecule has 0 spiro atoms. The minimum atomic E-state index is 0.402. The normalized spacial score (nSPS) is 20.6. The summed E-state index contributed by atoms with van der Waals surface area (Å²) in [7, 11) is 2.09. The molecule has 0 saturated carbocycles. The first kappa shape index (κ1) is 16.5. The lowest BCUT2D eigenvalue weighted by atomic mass is 9.89. The SMILES string of the molecule is CCN1CCN(C(C(C)C)C(NC)c2ccccc2)CC1. The Hall–Kier alpha value is -0.900. The molecule has 2 unspecified atom stereocenters. The molecule has 0 bridgehead atoms. The predicted octanol–water partition coefficient (Wildman–Crippen LogP) is 2.61. The maximum Gasteiger partial charge on any atom is 0.0478 e. The van der Waals surface area contributed by atoms with Gasteiger partial charge in [0.2, 0.25) is 0 Å². The third-order valence-electron chi connectivity index (χ3n) is 4.77. The van der Waals surface area contributed by atoms with Gasteiger partial charge in [-0.05, 0) is 25.1 Å². The lowest BCUT2D eigenvalue weighted by Crippen LogP contribution is -2.55. The van der Waals surface area contributed by atoms with E-state index in [4.69, 9.17) is 0 Å². The van der Waals surface area contributed by atoms with Crippen LogP contribution in [0.4, 0.5) is 0 Å². The van der Waals surface area contributed by atoms with Gasteiger partial charge >= 0.3 is 0 Å². The Morgan fingerprint density at radius 2 is 1.67 bits per heavy atom. The van der Waals surface area contributed by atoms with Gasteiger partial charge in [-0.2, -0.15) is 0 Å². The van der Waals surface area contributed by atoms with Gasteiger partial charge in [0.25, 0.3) is 0 Å². The molecule has 0 aliphatic carbocycles. The van der Waals surface area contributed by atoms with Crippen molar-refractivity contribution in [3.05, 3.63) is 35.9 Å². The van der Waals surface area contributed by atoms with Crippen molar-refractivity contribution in [2.45, 2.75) is 32.9 Å². The number of piperazine rings is 1. The second-order valence-electron chi connectivity index (χ2n) is 6.38. The van der Waals surface area contributed by atoms with Gasteiger partial charge in [-0.15, -0.1) is 0 Å². The van der Waals surface area contributed by atoms with Crippen LogP contribution in [-0.2, 0) is 0 Å². The highest BCUT2D eigenvalue weighted by molar-refractivity contribution is 5.21. The van der Waals surface area contributed by atoms with Crippen LogP contribution in [0, 0.1) is 5.92 Å². The number of nitrogens with one attached hydrogen (secondary N) is 1. The summed E-state index contributed by atoms with van der Waals surface area (Å²) >= 11 is 0. The monoisotopic (exact) mass is 289 g/mol. The van der Waals surface area contributed by atoms with E-state index >= 15 is 0 Å². The Morgan fingerprint density at radius 3 is 2.14 bits per heavy atom. The van der Waals surface area contributed by atoms with Crippen molar-refractivity contribution in [1.82, 2.24) is 15.1 Å². The molecule has 1 heterocycles. The molecule has 1 N–H and O–H groups in total. The van der Waals surface area contributed by atoms with Crippen LogP contribution in [0.1, 0.15) is 32.4 Å². The molecule has 1 fully saturated rings. The summed E-state index contributed by atoms with van der Waals surface area (Å²) in [5.74, 6) is 0.635. The van der Waals surface area contributed by atoms with Crippen molar-refractivity contribution in [3.8, 4) is 0 Å². The smallest absolute Gasteiger partial charge is 0.0478 e. The van der Waals surface area contributed by atoms with Crippen LogP contribution in [0.25, 0.3) is 0 Å². The number of likely N-dealkylation sites (N-methyl/N-ethyl adjacent to an activating group) is 2. The second-order valence-corrected chi connectivity index (χ2v) is 6.38. The predicted molar refractivity (Wildman–Crippen MR) is 90.6 cm³/mol. The van der Waals surface area contributed by atoms with Gasteiger partial charge in [0.15, 0.2) is 0 Å². The van der Waals surface area contributed by atoms with E-state index < -0.39 is 0 Å². The summed E-state index contributed by atoms with van der Waals surface area (Å²) < 4.78 is 0. The van der Waals surface area contributed by atoms with E-state index in [9.17, 15) is 0 Å². The molecule has 118 valence electrons. The van der Waals surface area contributed by atoms with Crippen LogP contribution in [0.15, 0.2) is 30.3 Å². The lowest BCUT2D eigenvalue weighted by molar-refractivity contribution is 0.0597. The average molecular weight is 289 g/mol. The Labute approximate surface area is 130 Å². The zero-order valence-corrected chi connectivity index (χ0v) is 14.0. The first-order valence-electron chi connectivity index (χ1n) is 8.36. The molecule has 0 aromatic heterocycles. The summed E-state index contributed by atoms with van der Waals surface area (Å²) in [5, 5.41) is 3.57. The van der Waals surface area contributed by atoms with Gasteiger partial charge in [-0.1, -0.05) is 51.1 Å². The minimum absolute atomic E-state index is 0.402. The highest BCUT2D eigenvalue weighted by atomic mass is 15.3. The van der Waals surface area contributed by atoms with E-state index in [1.165, 1.54) is 38.3 Å². The molecule has 0 amide bonds. The van der Waals surface area contributed by atoms with E-state index in [1.807, 2.05) is 0 Å². The Balaban J connectivity index is 2.14. The molecule has 2 rings (SSSR count). The fourth-order valence-electron chi connectivity index (χ4n) is 3.59. The zero-order valence-electron chi connectivity index (χ0n) is 14.0. The zero-order chi connectivity index (χ0) is 15.2. The molecule has 1 aromatic rings. The van der Waals surface area contributed by atoms with Crippen molar-refractivity contribution in [1.29, 1.82) is 0 Å². The van der Waals surface area contributed by atoms with Crippen LogP contribution >= 0.6 is 0 Å². The molecule has 2 atom stereocenters. The van der Waals surface area contributed by atoms with E-state index in [-0.39, 0.29) is 0 Å². The van der Waals surface area contributed by atoms with Crippen LogP contribution in [0.5, 0.6) is 0 Å². The first-order chi connectivity index (χ1) is 10.2. The van der Waals surface area contributed by atoms with Gasteiger partial charge in [-0.25, -0.2) is 0 Å². The van der Waals surface area contributed by atoms with Crippen LogP contribution in [0.3, 0.4) is 0 Å². The van der Waals surface area contributed by atoms with Gasteiger partial charge in [0.05, 0.1) is 0 Å². The molecule has 1 aliphatic heterocycles. The maximum absolute atomic E-state index is 3.57. The molecule has 3 heteroatoms. The van der Waals surface area contributed by atoms with Gasteiger partial charge < -0.3 is 10.2 Å². The van der Waals surface area contributed by atoms with Crippen molar-refractivity contribution < 1.29 is 0 Å². The molecule has 3 nitrogen and oxygen atoms in total. The Bertz CT molecular complexity index is 396. The molecule has 1 aromatic carbocycles. The molecular weight excluding hydrogens is 258 g/mol. The quantitative estimate of drug-likeness (QED) is 0.868. The fraction of sp³-hybridized carbons (Fsp3) is 0.667. The number of hydrogen-bond acceptors (Lipinski definition) is 3. The Morgan fingerprint density at radius 1 is 1.05 bits per heavy atom. The maximum atomic E-state index is 3.57. The summed E-state index contributed by atoms with van der Waals surface area (Å²) in [6.07, 6.45) is 0. The number of nitrogens with zero attached hydrogens (tertiary/aromatic N) is 2.